The Morgan fingerprint density at radius 1 is 1.38 bits per heavy atom. The third-order valence-electron chi connectivity index (χ3n) is 2.06. The summed E-state index contributed by atoms with van der Waals surface area (Å²) in [5.41, 5.74) is -0.638. The zero-order valence-corrected chi connectivity index (χ0v) is 10.9. The molecule has 0 spiro atoms. The SMILES string of the molecule is CS(=O)CCNC(=O)C(C(=O)O)C(C)(C)C. The van der Waals surface area contributed by atoms with Crippen LogP contribution >= 0.6 is 0 Å². The molecule has 0 heterocycles. The molecule has 0 radical (unpaired) electrons. The van der Waals surface area contributed by atoms with E-state index >= 15 is 0 Å². The van der Waals surface area contributed by atoms with Gasteiger partial charge in [0.25, 0.3) is 0 Å². The fourth-order valence-corrected chi connectivity index (χ4v) is 1.69. The van der Waals surface area contributed by atoms with Crippen LogP contribution in [0, 0.1) is 11.3 Å². The fraction of sp³-hybridized carbons (Fsp3) is 0.800. The van der Waals surface area contributed by atoms with Gasteiger partial charge in [-0.05, 0) is 5.41 Å². The van der Waals surface area contributed by atoms with Crippen LogP contribution in [0.4, 0.5) is 0 Å². The summed E-state index contributed by atoms with van der Waals surface area (Å²) in [7, 11) is -0.989. The first-order chi connectivity index (χ1) is 7.16. The summed E-state index contributed by atoms with van der Waals surface area (Å²) in [6, 6.07) is 0. The summed E-state index contributed by atoms with van der Waals surface area (Å²) in [5.74, 6) is -2.41. The Morgan fingerprint density at radius 3 is 2.19 bits per heavy atom. The lowest BCUT2D eigenvalue weighted by Gasteiger charge is -2.25. The first kappa shape index (κ1) is 15.1. The van der Waals surface area contributed by atoms with Crippen LogP contribution in [0.2, 0.25) is 0 Å². The number of aliphatic carboxylic acids is 1. The van der Waals surface area contributed by atoms with E-state index in [2.05, 4.69) is 5.32 Å². The van der Waals surface area contributed by atoms with Gasteiger partial charge in [0, 0.05) is 29.4 Å². The maximum absolute atomic E-state index is 11.6. The standard InChI is InChI=1S/C10H19NO4S/c1-10(2,3)7(9(13)14)8(12)11-5-6-16(4)15/h7H,5-6H2,1-4H3,(H,11,12)(H,13,14). The van der Waals surface area contributed by atoms with E-state index in [4.69, 9.17) is 5.11 Å². The molecule has 5 nitrogen and oxygen atoms in total. The van der Waals surface area contributed by atoms with Crippen LogP contribution in [0.15, 0.2) is 0 Å². The number of hydrogen-bond donors (Lipinski definition) is 2. The van der Waals surface area contributed by atoms with Crippen LogP contribution in [0.25, 0.3) is 0 Å². The van der Waals surface area contributed by atoms with Gasteiger partial charge < -0.3 is 10.4 Å². The van der Waals surface area contributed by atoms with Crippen LogP contribution in [0.3, 0.4) is 0 Å². The zero-order valence-electron chi connectivity index (χ0n) is 10.1. The maximum Gasteiger partial charge on any atom is 0.316 e. The average molecular weight is 249 g/mol. The largest absolute Gasteiger partial charge is 0.481 e. The molecule has 0 saturated heterocycles. The molecule has 1 amide bonds. The van der Waals surface area contributed by atoms with Crippen molar-refractivity contribution in [3.8, 4) is 0 Å². The van der Waals surface area contributed by atoms with E-state index in [1.54, 1.807) is 20.8 Å². The van der Waals surface area contributed by atoms with E-state index in [0.29, 0.717) is 5.75 Å². The molecule has 0 aromatic rings. The van der Waals surface area contributed by atoms with Crippen LogP contribution < -0.4 is 5.32 Å². The minimum absolute atomic E-state index is 0.238. The summed E-state index contributed by atoms with van der Waals surface area (Å²) in [6.45, 7) is 5.33. The Labute approximate surface area is 98.1 Å². The van der Waals surface area contributed by atoms with E-state index in [1.807, 2.05) is 0 Å². The number of hydrogen-bond acceptors (Lipinski definition) is 3. The number of carboxylic acid groups (broad SMARTS) is 1. The van der Waals surface area contributed by atoms with Crippen molar-refractivity contribution in [2.75, 3.05) is 18.6 Å². The molecule has 0 aromatic carbocycles. The molecule has 94 valence electrons. The Balaban J connectivity index is 4.42. The van der Waals surface area contributed by atoms with Crippen molar-refractivity contribution < 1.29 is 18.9 Å². The summed E-state index contributed by atoms with van der Waals surface area (Å²) in [5, 5.41) is 11.5. The van der Waals surface area contributed by atoms with Gasteiger partial charge in [-0.2, -0.15) is 0 Å². The monoisotopic (exact) mass is 249 g/mol. The number of carbonyl (C=O) groups excluding carboxylic acids is 1. The Kier molecular flexibility index (Phi) is 5.64. The van der Waals surface area contributed by atoms with Crippen molar-refractivity contribution >= 4 is 22.7 Å². The molecule has 2 N–H and O–H groups in total. The average Bonchev–Trinajstić information content (AvgIpc) is 1.98. The quantitative estimate of drug-likeness (QED) is 0.683. The van der Waals surface area contributed by atoms with E-state index < -0.39 is 34.0 Å². The highest BCUT2D eigenvalue weighted by Gasteiger charge is 2.37. The van der Waals surface area contributed by atoms with Gasteiger partial charge in [-0.15, -0.1) is 0 Å². The summed E-state index contributed by atoms with van der Waals surface area (Å²) in [4.78, 5) is 22.6. The van der Waals surface area contributed by atoms with Crippen molar-refractivity contribution in [3.05, 3.63) is 0 Å². The minimum atomic E-state index is -1.14. The Bertz CT molecular complexity index is 296. The van der Waals surface area contributed by atoms with Crippen LogP contribution in [-0.4, -0.2) is 39.7 Å². The van der Waals surface area contributed by atoms with Crippen molar-refractivity contribution in [2.24, 2.45) is 11.3 Å². The van der Waals surface area contributed by atoms with Gasteiger partial charge in [0.2, 0.25) is 5.91 Å². The number of nitrogens with one attached hydrogen (secondary N) is 1. The molecular formula is C10H19NO4S. The fourth-order valence-electron chi connectivity index (χ4n) is 1.30. The van der Waals surface area contributed by atoms with Crippen LogP contribution in [0.5, 0.6) is 0 Å². The summed E-state index contributed by atoms with van der Waals surface area (Å²) in [6.07, 6.45) is 1.53. The van der Waals surface area contributed by atoms with Gasteiger partial charge in [0.1, 0.15) is 5.92 Å². The van der Waals surface area contributed by atoms with Gasteiger partial charge in [-0.3, -0.25) is 13.8 Å². The van der Waals surface area contributed by atoms with Gasteiger partial charge in [0.05, 0.1) is 0 Å². The number of carbonyl (C=O) groups is 2. The first-order valence-corrected chi connectivity index (χ1v) is 6.69. The van der Waals surface area contributed by atoms with Gasteiger partial charge >= 0.3 is 5.97 Å². The van der Waals surface area contributed by atoms with Crippen molar-refractivity contribution in [1.29, 1.82) is 0 Å². The normalized spacial score (nSPS) is 15.2. The van der Waals surface area contributed by atoms with E-state index in [-0.39, 0.29) is 6.54 Å². The van der Waals surface area contributed by atoms with Gasteiger partial charge in [-0.25, -0.2) is 0 Å². The Morgan fingerprint density at radius 2 is 1.88 bits per heavy atom. The molecule has 0 aliphatic heterocycles. The predicted molar refractivity (Wildman–Crippen MR) is 62.5 cm³/mol. The highest BCUT2D eigenvalue weighted by atomic mass is 32.2. The highest BCUT2D eigenvalue weighted by Crippen LogP contribution is 2.26. The summed E-state index contributed by atoms with van der Waals surface area (Å²) >= 11 is 0. The Hall–Kier alpha value is -0.910. The molecule has 0 aromatic heterocycles. The second kappa shape index (κ2) is 5.98. The molecule has 6 heteroatoms. The van der Waals surface area contributed by atoms with E-state index in [1.165, 1.54) is 6.26 Å². The topological polar surface area (TPSA) is 83.5 Å². The van der Waals surface area contributed by atoms with Gasteiger partial charge in [0.15, 0.2) is 0 Å². The lowest BCUT2D eigenvalue weighted by Crippen LogP contribution is -2.43. The van der Waals surface area contributed by atoms with E-state index in [9.17, 15) is 13.8 Å². The second-order valence-electron chi connectivity index (χ2n) is 4.71. The first-order valence-electron chi connectivity index (χ1n) is 4.97. The molecule has 0 bridgehead atoms. The van der Waals surface area contributed by atoms with Gasteiger partial charge in [-0.1, -0.05) is 20.8 Å². The maximum atomic E-state index is 11.6. The minimum Gasteiger partial charge on any atom is -0.481 e. The van der Waals surface area contributed by atoms with Crippen molar-refractivity contribution in [3.63, 3.8) is 0 Å². The molecule has 0 saturated carbocycles. The molecule has 0 rings (SSSR count). The molecular weight excluding hydrogens is 230 g/mol. The number of amides is 1. The third kappa shape index (κ3) is 5.25. The summed E-state index contributed by atoms with van der Waals surface area (Å²) < 4.78 is 10.8. The third-order valence-corrected chi connectivity index (χ3v) is 2.84. The molecule has 2 unspecified atom stereocenters. The molecule has 0 aliphatic rings. The highest BCUT2D eigenvalue weighted by molar-refractivity contribution is 7.84. The smallest absolute Gasteiger partial charge is 0.316 e. The molecule has 0 aliphatic carbocycles. The number of carboxylic acids is 1. The van der Waals surface area contributed by atoms with Crippen molar-refractivity contribution in [1.82, 2.24) is 5.32 Å². The number of rotatable bonds is 5. The predicted octanol–water partition coefficient (Wildman–Crippen LogP) is 0.228. The van der Waals surface area contributed by atoms with Crippen molar-refractivity contribution in [2.45, 2.75) is 20.8 Å². The second-order valence-corrected chi connectivity index (χ2v) is 6.26. The lowest BCUT2D eigenvalue weighted by atomic mass is 9.80. The molecule has 2 atom stereocenters. The van der Waals surface area contributed by atoms with E-state index in [0.717, 1.165) is 0 Å². The lowest BCUT2D eigenvalue weighted by molar-refractivity contribution is -0.151. The van der Waals surface area contributed by atoms with Crippen LogP contribution in [0.1, 0.15) is 20.8 Å². The van der Waals surface area contributed by atoms with Crippen LogP contribution in [-0.2, 0) is 20.4 Å². The zero-order chi connectivity index (χ0) is 12.9. The molecule has 16 heavy (non-hydrogen) atoms. The molecule has 0 fully saturated rings.